The van der Waals surface area contributed by atoms with Gasteiger partial charge >= 0.3 is 0 Å². The molecule has 1 aromatic carbocycles. The smallest absolute Gasteiger partial charge is 0.205 e. The first-order valence-electron chi connectivity index (χ1n) is 8.24. The summed E-state index contributed by atoms with van der Waals surface area (Å²) in [5.41, 5.74) is 1.20. The van der Waals surface area contributed by atoms with Gasteiger partial charge in [-0.05, 0) is 5.56 Å². The molecule has 6 heteroatoms. The summed E-state index contributed by atoms with van der Waals surface area (Å²) >= 11 is 1.44. The second kappa shape index (κ2) is 6.88. The number of hydrogen-bond donors (Lipinski definition) is 0. The molecule has 3 rings (SSSR count). The molecule has 1 saturated heterocycles. The molecule has 126 valence electrons. The number of hydrogen-bond acceptors (Lipinski definition) is 6. The van der Waals surface area contributed by atoms with E-state index in [-0.39, 0.29) is 11.5 Å². The van der Waals surface area contributed by atoms with Gasteiger partial charge in [0.15, 0.2) is 0 Å². The predicted molar refractivity (Wildman–Crippen MR) is 97.1 cm³/mol. The third kappa shape index (κ3) is 3.74. The summed E-state index contributed by atoms with van der Waals surface area (Å²) < 4.78 is 4.49. The van der Waals surface area contributed by atoms with Crippen LogP contribution in [0.25, 0.3) is 0 Å². The van der Waals surface area contributed by atoms with Crippen molar-refractivity contribution in [2.24, 2.45) is 0 Å². The molecule has 1 aliphatic heterocycles. The van der Waals surface area contributed by atoms with Crippen LogP contribution in [0, 0.1) is 11.3 Å². The summed E-state index contributed by atoms with van der Waals surface area (Å²) in [5.74, 6) is 0.878. The van der Waals surface area contributed by atoms with E-state index < -0.39 is 0 Å². The largest absolute Gasteiger partial charge is 0.343 e. The molecule has 1 aliphatic rings. The van der Waals surface area contributed by atoms with Crippen LogP contribution in [0.1, 0.15) is 32.2 Å². The quantitative estimate of drug-likeness (QED) is 0.859. The average molecular weight is 341 g/mol. The number of nitrogens with zero attached hydrogens (tertiary/aromatic N) is 5. The van der Waals surface area contributed by atoms with Gasteiger partial charge in [-0.15, -0.1) is 0 Å². The van der Waals surface area contributed by atoms with Gasteiger partial charge in [0.05, 0.1) is 6.07 Å². The molecule has 1 unspecified atom stereocenters. The van der Waals surface area contributed by atoms with E-state index in [9.17, 15) is 5.26 Å². The second-order valence-corrected chi connectivity index (χ2v) is 7.93. The maximum atomic E-state index is 9.59. The SMILES string of the molecule is CC(C)(C)c1nsc(N2CCN(Cc3ccccc3)C(C#N)C2)n1. The minimum Gasteiger partial charge on any atom is -0.343 e. The molecule has 0 amide bonds. The van der Waals surface area contributed by atoms with Crippen LogP contribution in [0.3, 0.4) is 0 Å². The predicted octanol–water partition coefficient (Wildman–Crippen LogP) is 3.05. The number of anilines is 1. The number of rotatable bonds is 3. The monoisotopic (exact) mass is 341 g/mol. The van der Waals surface area contributed by atoms with E-state index in [0.717, 1.165) is 30.6 Å². The molecule has 24 heavy (non-hydrogen) atoms. The van der Waals surface area contributed by atoms with E-state index >= 15 is 0 Å². The Balaban J connectivity index is 1.69. The molecule has 1 aromatic heterocycles. The highest BCUT2D eigenvalue weighted by Gasteiger charge is 2.29. The molecule has 2 aromatic rings. The number of aromatic nitrogens is 2. The fraction of sp³-hybridized carbons (Fsp3) is 0.500. The minimum absolute atomic E-state index is 0.0431. The van der Waals surface area contributed by atoms with Gasteiger partial charge in [-0.1, -0.05) is 51.1 Å². The Hall–Kier alpha value is -1.97. The van der Waals surface area contributed by atoms with E-state index in [4.69, 9.17) is 0 Å². The normalized spacial score (nSPS) is 19.2. The maximum Gasteiger partial charge on any atom is 0.205 e. The molecule has 0 N–H and O–H groups in total. The standard InChI is InChI=1S/C18H23N5S/c1-18(2,3)16-20-17(24-21-16)23-10-9-22(15(11-19)13-23)12-14-7-5-4-6-8-14/h4-8,15H,9-10,12-13H2,1-3H3. The third-order valence-electron chi connectivity index (χ3n) is 4.23. The topological polar surface area (TPSA) is 56.1 Å². The van der Waals surface area contributed by atoms with Crippen LogP contribution in [-0.2, 0) is 12.0 Å². The lowest BCUT2D eigenvalue weighted by molar-refractivity contribution is 0.205. The van der Waals surface area contributed by atoms with Gasteiger partial charge in [0, 0.05) is 43.1 Å². The Morgan fingerprint density at radius 3 is 2.62 bits per heavy atom. The molecule has 1 fully saturated rings. The number of benzene rings is 1. The van der Waals surface area contributed by atoms with Crippen molar-refractivity contribution >= 4 is 16.7 Å². The van der Waals surface area contributed by atoms with E-state index in [2.05, 4.69) is 58.1 Å². The Labute approximate surface area is 147 Å². The van der Waals surface area contributed by atoms with Crippen LogP contribution >= 0.6 is 11.5 Å². The van der Waals surface area contributed by atoms with Crippen LogP contribution in [0.2, 0.25) is 0 Å². The molecule has 0 radical (unpaired) electrons. The summed E-state index contributed by atoms with van der Waals surface area (Å²) in [4.78, 5) is 9.13. The zero-order valence-corrected chi connectivity index (χ0v) is 15.3. The Bertz CT molecular complexity index is 713. The van der Waals surface area contributed by atoms with Crippen LogP contribution in [0.5, 0.6) is 0 Å². The summed E-state index contributed by atoms with van der Waals surface area (Å²) in [5, 5.41) is 10.5. The molecule has 0 saturated carbocycles. The molecular weight excluding hydrogens is 318 g/mol. The van der Waals surface area contributed by atoms with Crippen molar-refractivity contribution in [2.75, 3.05) is 24.5 Å². The fourth-order valence-electron chi connectivity index (χ4n) is 2.77. The van der Waals surface area contributed by atoms with Crippen molar-refractivity contribution in [3.8, 4) is 6.07 Å². The highest BCUT2D eigenvalue weighted by atomic mass is 32.1. The average Bonchev–Trinajstić information content (AvgIpc) is 3.06. The van der Waals surface area contributed by atoms with Crippen LogP contribution in [-0.4, -0.2) is 39.9 Å². The van der Waals surface area contributed by atoms with Crippen molar-refractivity contribution in [1.29, 1.82) is 5.26 Å². The molecule has 0 bridgehead atoms. The lowest BCUT2D eigenvalue weighted by Gasteiger charge is -2.38. The highest BCUT2D eigenvalue weighted by Crippen LogP contribution is 2.27. The Morgan fingerprint density at radius 1 is 1.25 bits per heavy atom. The van der Waals surface area contributed by atoms with E-state index in [0.29, 0.717) is 6.54 Å². The minimum atomic E-state index is -0.124. The van der Waals surface area contributed by atoms with E-state index in [1.54, 1.807) is 0 Å². The summed E-state index contributed by atoms with van der Waals surface area (Å²) in [6.07, 6.45) is 0. The number of nitriles is 1. The zero-order chi connectivity index (χ0) is 17.2. The van der Waals surface area contributed by atoms with Gasteiger partial charge in [-0.25, -0.2) is 4.98 Å². The molecule has 2 heterocycles. The van der Waals surface area contributed by atoms with E-state index in [1.807, 2.05) is 18.2 Å². The van der Waals surface area contributed by atoms with E-state index in [1.165, 1.54) is 17.1 Å². The lowest BCUT2D eigenvalue weighted by Crippen LogP contribution is -2.52. The molecular formula is C18H23N5S. The summed E-state index contributed by atoms with van der Waals surface area (Å²) in [6.45, 7) is 9.60. The first-order valence-corrected chi connectivity index (χ1v) is 9.01. The first-order chi connectivity index (χ1) is 11.5. The molecule has 0 aliphatic carbocycles. The second-order valence-electron chi connectivity index (χ2n) is 7.20. The van der Waals surface area contributed by atoms with Crippen LogP contribution in [0.4, 0.5) is 5.13 Å². The first kappa shape index (κ1) is 16.9. The van der Waals surface area contributed by atoms with Crippen LogP contribution in [0.15, 0.2) is 30.3 Å². The van der Waals surface area contributed by atoms with Gasteiger partial charge in [0.25, 0.3) is 0 Å². The molecule has 0 spiro atoms. The maximum absolute atomic E-state index is 9.59. The van der Waals surface area contributed by atoms with Gasteiger partial charge in [-0.3, -0.25) is 4.90 Å². The third-order valence-corrected chi connectivity index (χ3v) is 5.00. The van der Waals surface area contributed by atoms with Gasteiger partial charge in [0.1, 0.15) is 11.9 Å². The Morgan fingerprint density at radius 2 is 2.00 bits per heavy atom. The number of piperazine rings is 1. The van der Waals surface area contributed by atoms with Crippen molar-refractivity contribution in [3.05, 3.63) is 41.7 Å². The van der Waals surface area contributed by atoms with Gasteiger partial charge < -0.3 is 4.90 Å². The van der Waals surface area contributed by atoms with Crippen molar-refractivity contribution < 1.29 is 0 Å². The highest BCUT2D eigenvalue weighted by molar-refractivity contribution is 7.09. The van der Waals surface area contributed by atoms with Gasteiger partial charge in [-0.2, -0.15) is 9.64 Å². The Kier molecular flexibility index (Phi) is 4.83. The molecule has 1 atom stereocenters. The van der Waals surface area contributed by atoms with Gasteiger partial charge in [0.2, 0.25) is 5.13 Å². The molecule has 5 nitrogen and oxygen atoms in total. The fourth-order valence-corrected chi connectivity index (χ4v) is 3.66. The van der Waals surface area contributed by atoms with Crippen molar-refractivity contribution in [2.45, 2.75) is 38.8 Å². The van der Waals surface area contributed by atoms with Crippen LogP contribution < -0.4 is 4.90 Å². The summed E-state index contributed by atoms with van der Waals surface area (Å²) in [6, 6.07) is 12.7. The van der Waals surface area contributed by atoms with Crippen molar-refractivity contribution in [3.63, 3.8) is 0 Å². The van der Waals surface area contributed by atoms with Crippen molar-refractivity contribution in [1.82, 2.24) is 14.3 Å². The lowest BCUT2D eigenvalue weighted by atomic mass is 9.96. The summed E-state index contributed by atoms with van der Waals surface area (Å²) in [7, 11) is 0. The zero-order valence-electron chi connectivity index (χ0n) is 14.4.